The molecular weight excluding hydrogens is 381 g/mol. The molecule has 0 aromatic heterocycles. The van der Waals surface area contributed by atoms with E-state index in [0.717, 1.165) is 22.0 Å². The molecule has 3 aromatic carbocycles. The third-order valence-electron chi connectivity index (χ3n) is 4.38. The van der Waals surface area contributed by atoms with Crippen molar-refractivity contribution in [1.29, 1.82) is 0 Å². The van der Waals surface area contributed by atoms with Crippen LogP contribution in [0.15, 0.2) is 83.8 Å². The fourth-order valence-corrected chi connectivity index (χ4v) is 4.12. The van der Waals surface area contributed by atoms with Crippen molar-refractivity contribution < 1.29 is 0 Å². The van der Waals surface area contributed by atoms with Gasteiger partial charge in [0.15, 0.2) is 0 Å². The zero-order valence-corrected chi connectivity index (χ0v) is 16.9. The number of rotatable bonds is 7. The highest BCUT2D eigenvalue weighted by atomic mass is 35.5. The van der Waals surface area contributed by atoms with E-state index >= 15 is 0 Å². The minimum absolute atomic E-state index is 0.232. The molecule has 0 bridgehead atoms. The van der Waals surface area contributed by atoms with Crippen LogP contribution in [0.1, 0.15) is 24.0 Å². The lowest BCUT2D eigenvalue weighted by atomic mass is 9.87. The van der Waals surface area contributed by atoms with Gasteiger partial charge in [-0.2, -0.15) is 0 Å². The maximum Gasteiger partial charge on any atom is 0.0441 e. The largest absolute Gasteiger partial charge is 0.256 e. The summed E-state index contributed by atoms with van der Waals surface area (Å²) in [4.78, 5) is 1.20. The summed E-state index contributed by atoms with van der Waals surface area (Å²) >= 11 is 14.2. The van der Waals surface area contributed by atoms with Crippen LogP contribution in [0.4, 0.5) is 0 Å². The Morgan fingerprint density at radius 1 is 0.846 bits per heavy atom. The van der Waals surface area contributed by atoms with E-state index in [0.29, 0.717) is 0 Å². The van der Waals surface area contributed by atoms with E-state index in [1.807, 2.05) is 48.5 Å². The standard InChI is InChI=1S/C22H21Cl2NS/c1-16(25-26-19-7-3-2-4-8-19)21(20-9-5-6-10-22(20)24)15-17-11-13-18(23)14-12-17/h2-14,16,21,25H,15H2,1H3. The molecule has 0 amide bonds. The Balaban J connectivity index is 1.79. The van der Waals surface area contributed by atoms with E-state index in [2.05, 4.69) is 42.0 Å². The molecule has 0 radical (unpaired) electrons. The quantitative estimate of drug-likeness (QED) is 0.427. The van der Waals surface area contributed by atoms with Crippen LogP contribution < -0.4 is 4.72 Å². The Morgan fingerprint density at radius 2 is 1.50 bits per heavy atom. The molecule has 0 aliphatic carbocycles. The van der Waals surface area contributed by atoms with E-state index in [4.69, 9.17) is 23.2 Å². The summed E-state index contributed by atoms with van der Waals surface area (Å²) in [6.07, 6.45) is 0.893. The van der Waals surface area contributed by atoms with Crippen LogP contribution in [0.2, 0.25) is 10.0 Å². The maximum absolute atomic E-state index is 6.52. The van der Waals surface area contributed by atoms with Gasteiger partial charge in [0.1, 0.15) is 0 Å². The Bertz CT molecular complexity index is 821. The van der Waals surface area contributed by atoms with Crippen LogP contribution in [0.5, 0.6) is 0 Å². The smallest absolute Gasteiger partial charge is 0.0441 e. The Hall–Kier alpha value is -1.45. The molecule has 0 aliphatic heterocycles. The first-order valence-corrected chi connectivity index (χ1v) is 10.2. The molecule has 1 nitrogen and oxygen atoms in total. The molecule has 2 unspecified atom stereocenters. The summed E-state index contributed by atoms with van der Waals surface area (Å²) in [6, 6.07) is 26.7. The number of halogens is 2. The molecule has 3 aromatic rings. The van der Waals surface area contributed by atoms with Crippen molar-refractivity contribution in [2.24, 2.45) is 0 Å². The lowest BCUT2D eigenvalue weighted by Crippen LogP contribution is -2.29. The van der Waals surface area contributed by atoms with Crippen molar-refractivity contribution in [3.05, 3.63) is 100 Å². The first-order valence-electron chi connectivity index (χ1n) is 8.60. The van der Waals surface area contributed by atoms with Crippen molar-refractivity contribution in [3.8, 4) is 0 Å². The number of benzene rings is 3. The fraction of sp³-hybridized carbons (Fsp3) is 0.182. The zero-order valence-electron chi connectivity index (χ0n) is 14.5. The predicted octanol–water partition coefficient (Wildman–Crippen LogP) is 7.01. The molecule has 2 atom stereocenters. The van der Waals surface area contributed by atoms with Gasteiger partial charge >= 0.3 is 0 Å². The minimum Gasteiger partial charge on any atom is -0.256 e. The minimum atomic E-state index is 0.232. The van der Waals surface area contributed by atoms with E-state index in [-0.39, 0.29) is 12.0 Å². The average molecular weight is 402 g/mol. The van der Waals surface area contributed by atoms with Gasteiger partial charge < -0.3 is 0 Å². The zero-order chi connectivity index (χ0) is 18.4. The highest BCUT2D eigenvalue weighted by molar-refractivity contribution is 7.97. The highest BCUT2D eigenvalue weighted by Crippen LogP contribution is 2.32. The van der Waals surface area contributed by atoms with Gasteiger partial charge in [-0.15, -0.1) is 0 Å². The molecule has 0 spiro atoms. The molecule has 0 fully saturated rings. The summed E-state index contributed by atoms with van der Waals surface area (Å²) in [6.45, 7) is 2.21. The van der Waals surface area contributed by atoms with E-state index in [9.17, 15) is 0 Å². The van der Waals surface area contributed by atoms with Gasteiger partial charge in [-0.25, -0.2) is 0 Å². The molecule has 26 heavy (non-hydrogen) atoms. The van der Waals surface area contributed by atoms with Crippen molar-refractivity contribution in [2.45, 2.75) is 30.2 Å². The third kappa shape index (κ3) is 5.28. The van der Waals surface area contributed by atoms with Crippen LogP contribution in [-0.2, 0) is 6.42 Å². The van der Waals surface area contributed by atoms with Crippen LogP contribution in [0, 0.1) is 0 Å². The Labute approximate surface area is 169 Å². The SMILES string of the molecule is CC(NSc1ccccc1)C(Cc1ccc(Cl)cc1)c1ccccc1Cl. The molecule has 134 valence electrons. The molecule has 0 heterocycles. The maximum atomic E-state index is 6.52. The van der Waals surface area contributed by atoms with Gasteiger partial charge in [0, 0.05) is 26.9 Å². The van der Waals surface area contributed by atoms with Crippen molar-refractivity contribution in [1.82, 2.24) is 4.72 Å². The predicted molar refractivity (Wildman–Crippen MR) is 114 cm³/mol. The second kappa shape index (κ2) is 9.48. The topological polar surface area (TPSA) is 12.0 Å². The second-order valence-electron chi connectivity index (χ2n) is 6.28. The molecule has 4 heteroatoms. The van der Waals surface area contributed by atoms with Crippen molar-refractivity contribution in [3.63, 3.8) is 0 Å². The molecular formula is C22H21Cl2NS. The average Bonchev–Trinajstić information content (AvgIpc) is 2.67. The number of hydrogen-bond donors (Lipinski definition) is 1. The Kier molecular flexibility index (Phi) is 7.04. The molecule has 3 rings (SSSR count). The summed E-state index contributed by atoms with van der Waals surface area (Å²) in [5.74, 6) is 0.251. The lowest BCUT2D eigenvalue weighted by Gasteiger charge is -2.26. The van der Waals surface area contributed by atoms with Crippen molar-refractivity contribution >= 4 is 35.1 Å². The fourth-order valence-electron chi connectivity index (χ4n) is 2.94. The normalized spacial score (nSPS) is 13.3. The molecule has 1 N–H and O–H groups in total. The number of hydrogen-bond acceptors (Lipinski definition) is 2. The summed E-state index contributed by atoms with van der Waals surface area (Å²) in [5.41, 5.74) is 2.41. The number of nitrogens with one attached hydrogen (secondary N) is 1. The van der Waals surface area contributed by atoms with Crippen LogP contribution in [-0.4, -0.2) is 6.04 Å². The van der Waals surface area contributed by atoms with Gasteiger partial charge in [0.2, 0.25) is 0 Å². The van der Waals surface area contributed by atoms with Gasteiger partial charge in [0.05, 0.1) is 0 Å². The van der Waals surface area contributed by atoms with E-state index in [1.165, 1.54) is 10.5 Å². The third-order valence-corrected chi connectivity index (χ3v) is 5.98. The van der Waals surface area contributed by atoms with Crippen molar-refractivity contribution in [2.75, 3.05) is 0 Å². The van der Waals surface area contributed by atoms with Crippen LogP contribution in [0.25, 0.3) is 0 Å². The first kappa shape index (κ1) is 19.3. The summed E-state index contributed by atoms with van der Waals surface area (Å²) < 4.78 is 3.59. The lowest BCUT2D eigenvalue weighted by molar-refractivity contribution is 0.537. The second-order valence-corrected chi connectivity index (χ2v) is 8.04. The van der Waals surface area contributed by atoms with Crippen LogP contribution in [0.3, 0.4) is 0 Å². The molecule has 0 aliphatic rings. The van der Waals surface area contributed by atoms with E-state index in [1.54, 1.807) is 11.9 Å². The Morgan fingerprint density at radius 3 is 2.19 bits per heavy atom. The van der Waals surface area contributed by atoms with Gasteiger partial charge in [0.25, 0.3) is 0 Å². The first-order chi connectivity index (χ1) is 12.6. The summed E-state index contributed by atoms with van der Waals surface area (Å²) in [5, 5.41) is 1.57. The van der Waals surface area contributed by atoms with Crippen LogP contribution >= 0.6 is 35.1 Å². The monoisotopic (exact) mass is 401 g/mol. The van der Waals surface area contributed by atoms with Gasteiger partial charge in [-0.05, 0) is 66.8 Å². The van der Waals surface area contributed by atoms with Gasteiger partial charge in [-0.3, -0.25) is 4.72 Å². The summed E-state index contributed by atoms with van der Waals surface area (Å²) in [7, 11) is 0. The molecule has 0 saturated carbocycles. The molecule has 0 saturated heterocycles. The highest BCUT2D eigenvalue weighted by Gasteiger charge is 2.22. The van der Waals surface area contributed by atoms with Gasteiger partial charge in [-0.1, -0.05) is 71.7 Å². The van der Waals surface area contributed by atoms with E-state index < -0.39 is 0 Å².